The largest absolute Gasteiger partial charge is 0.508 e. The van der Waals surface area contributed by atoms with Crippen LogP contribution < -0.4 is 5.73 Å². The Kier molecular flexibility index (Phi) is 5.85. The third kappa shape index (κ3) is 4.08. The first-order valence-electron chi connectivity index (χ1n) is 4.75. The minimum atomic E-state index is -0.524. The van der Waals surface area contributed by atoms with Gasteiger partial charge in [-0.2, -0.15) is 0 Å². The monoisotopic (exact) mass is 244 g/mol. The summed E-state index contributed by atoms with van der Waals surface area (Å²) in [5.41, 5.74) is 6.67. The average molecular weight is 245 g/mol. The molecular formula is C11H17ClN2O2. The van der Waals surface area contributed by atoms with Crippen molar-refractivity contribution < 1.29 is 9.90 Å². The van der Waals surface area contributed by atoms with Crippen LogP contribution in [-0.4, -0.2) is 36.1 Å². The highest BCUT2D eigenvalue weighted by atomic mass is 35.5. The molecule has 0 aliphatic carbocycles. The molecule has 90 valence electrons. The molecule has 16 heavy (non-hydrogen) atoms. The molecule has 0 aliphatic rings. The summed E-state index contributed by atoms with van der Waals surface area (Å²) in [5.74, 6) is 0.120. The Balaban J connectivity index is 0.00000225. The lowest BCUT2D eigenvalue weighted by molar-refractivity contribution is -0.130. The highest BCUT2D eigenvalue weighted by molar-refractivity contribution is 5.85. The second kappa shape index (κ2) is 6.35. The van der Waals surface area contributed by atoms with Gasteiger partial charge in [0, 0.05) is 14.1 Å². The van der Waals surface area contributed by atoms with Gasteiger partial charge >= 0.3 is 0 Å². The van der Waals surface area contributed by atoms with E-state index in [1.165, 1.54) is 4.90 Å². The number of aromatic hydroxyl groups is 1. The van der Waals surface area contributed by atoms with Crippen LogP contribution in [0.3, 0.4) is 0 Å². The first-order chi connectivity index (χ1) is 7.00. The van der Waals surface area contributed by atoms with Gasteiger partial charge in [0.25, 0.3) is 0 Å². The number of nitrogens with zero attached hydrogens (tertiary/aromatic N) is 1. The lowest BCUT2D eigenvalue weighted by Gasteiger charge is -2.16. The number of rotatable bonds is 3. The van der Waals surface area contributed by atoms with Gasteiger partial charge < -0.3 is 15.7 Å². The van der Waals surface area contributed by atoms with E-state index in [-0.39, 0.29) is 24.1 Å². The van der Waals surface area contributed by atoms with Crippen LogP contribution in [-0.2, 0) is 11.2 Å². The lowest BCUT2D eigenvalue weighted by Crippen LogP contribution is -2.41. The number of likely N-dealkylation sites (N-methyl/N-ethyl adjacent to an activating group) is 1. The average Bonchev–Trinajstić information content (AvgIpc) is 2.20. The van der Waals surface area contributed by atoms with E-state index in [9.17, 15) is 4.79 Å². The summed E-state index contributed by atoms with van der Waals surface area (Å²) in [6.45, 7) is 0. The number of carbonyl (C=O) groups is 1. The first-order valence-corrected chi connectivity index (χ1v) is 4.75. The molecule has 5 heteroatoms. The van der Waals surface area contributed by atoms with Crippen molar-refractivity contribution in [2.24, 2.45) is 5.73 Å². The molecule has 0 aliphatic heterocycles. The van der Waals surface area contributed by atoms with Crippen LogP contribution in [0.4, 0.5) is 0 Å². The fraction of sp³-hybridized carbons (Fsp3) is 0.364. The van der Waals surface area contributed by atoms with Gasteiger partial charge in [0.2, 0.25) is 5.91 Å². The van der Waals surface area contributed by atoms with Gasteiger partial charge in [-0.05, 0) is 24.1 Å². The van der Waals surface area contributed by atoms with Crippen molar-refractivity contribution in [2.75, 3.05) is 14.1 Å². The van der Waals surface area contributed by atoms with Crippen molar-refractivity contribution >= 4 is 18.3 Å². The smallest absolute Gasteiger partial charge is 0.239 e. The van der Waals surface area contributed by atoms with Crippen LogP contribution >= 0.6 is 12.4 Å². The second-order valence-corrected chi connectivity index (χ2v) is 3.71. The highest BCUT2D eigenvalue weighted by Gasteiger charge is 2.15. The van der Waals surface area contributed by atoms with Crippen molar-refractivity contribution in [3.63, 3.8) is 0 Å². The summed E-state index contributed by atoms with van der Waals surface area (Å²) in [4.78, 5) is 12.9. The number of hydrogen-bond acceptors (Lipinski definition) is 3. The molecule has 1 amide bonds. The van der Waals surface area contributed by atoms with Crippen LogP contribution in [0.2, 0.25) is 0 Å². The standard InChI is InChI=1S/C11H16N2O2.ClH/c1-13(2)11(15)10(12)7-8-3-5-9(14)6-4-8;/h3-6,10,14H,7,12H2,1-2H3;1H. The third-order valence-electron chi connectivity index (χ3n) is 2.15. The van der Waals surface area contributed by atoms with Gasteiger partial charge in [-0.1, -0.05) is 12.1 Å². The van der Waals surface area contributed by atoms with E-state index in [0.717, 1.165) is 5.56 Å². The van der Waals surface area contributed by atoms with E-state index in [1.54, 1.807) is 38.4 Å². The van der Waals surface area contributed by atoms with Crippen LogP contribution in [0.1, 0.15) is 5.56 Å². The number of phenols is 1. The van der Waals surface area contributed by atoms with Crippen LogP contribution in [0.15, 0.2) is 24.3 Å². The number of nitrogens with two attached hydrogens (primary N) is 1. The van der Waals surface area contributed by atoms with Crippen molar-refractivity contribution in [2.45, 2.75) is 12.5 Å². The predicted octanol–water partition coefficient (Wildman–Crippen LogP) is 0.772. The Morgan fingerprint density at radius 3 is 2.31 bits per heavy atom. The molecule has 0 saturated carbocycles. The van der Waals surface area contributed by atoms with Gasteiger partial charge in [0.15, 0.2) is 0 Å². The molecule has 0 fully saturated rings. The van der Waals surface area contributed by atoms with Crippen LogP contribution in [0.25, 0.3) is 0 Å². The summed E-state index contributed by atoms with van der Waals surface area (Å²) < 4.78 is 0. The van der Waals surface area contributed by atoms with Gasteiger partial charge in [-0.3, -0.25) is 4.79 Å². The maximum absolute atomic E-state index is 11.5. The summed E-state index contributed by atoms with van der Waals surface area (Å²) in [6.07, 6.45) is 0.483. The molecule has 0 saturated heterocycles. The number of amides is 1. The topological polar surface area (TPSA) is 66.6 Å². The van der Waals surface area contributed by atoms with Crippen LogP contribution in [0, 0.1) is 0 Å². The zero-order valence-corrected chi connectivity index (χ0v) is 10.2. The Morgan fingerprint density at radius 1 is 1.38 bits per heavy atom. The molecule has 1 aromatic carbocycles. The Bertz CT molecular complexity index is 338. The number of benzene rings is 1. The normalized spacial score (nSPS) is 11.4. The van der Waals surface area contributed by atoms with E-state index in [4.69, 9.17) is 10.8 Å². The van der Waals surface area contributed by atoms with Crippen molar-refractivity contribution in [3.8, 4) is 5.75 Å². The summed E-state index contributed by atoms with van der Waals surface area (Å²) in [5, 5.41) is 9.08. The maximum Gasteiger partial charge on any atom is 0.239 e. The second-order valence-electron chi connectivity index (χ2n) is 3.71. The molecular weight excluding hydrogens is 228 g/mol. The lowest BCUT2D eigenvalue weighted by atomic mass is 10.1. The molecule has 0 aromatic heterocycles. The van der Waals surface area contributed by atoms with E-state index in [2.05, 4.69) is 0 Å². The van der Waals surface area contributed by atoms with Crippen molar-refractivity contribution in [1.82, 2.24) is 4.90 Å². The molecule has 1 aromatic rings. The molecule has 3 N–H and O–H groups in total. The Hall–Kier alpha value is -1.26. The molecule has 0 radical (unpaired) electrons. The summed E-state index contributed by atoms with van der Waals surface area (Å²) in [7, 11) is 3.36. The molecule has 4 nitrogen and oxygen atoms in total. The Morgan fingerprint density at radius 2 is 1.88 bits per heavy atom. The molecule has 0 heterocycles. The zero-order valence-electron chi connectivity index (χ0n) is 9.38. The number of carbonyl (C=O) groups excluding carboxylic acids is 1. The first kappa shape index (κ1) is 14.7. The molecule has 1 atom stereocenters. The van der Waals surface area contributed by atoms with E-state index < -0.39 is 6.04 Å². The molecule has 0 spiro atoms. The molecule has 1 rings (SSSR count). The quantitative estimate of drug-likeness (QED) is 0.826. The molecule has 1 unspecified atom stereocenters. The van der Waals surface area contributed by atoms with Crippen LogP contribution in [0.5, 0.6) is 5.75 Å². The molecule has 0 bridgehead atoms. The Labute approximate surface area is 101 Å². The van der Waals surface area contributed by atoms with E-state index in [1.807, 2.05) is 0 Å². The SMILES string of the molecule is CN(C)C(=O)C(N)Cc1ccc(O)cc1.Cl. The number of halogens is 1. The number of phenolic OH excluding ortho intramolecular Hbond substituents is 1. The third-order valence-corrected chi connectivity index (χ3v) is 2.15. The highest BCUT2D eigenvalue weighted by Crippen LogP contribution is 2.11. The van der Waals surface area contributed by atoms with Gasteiger partial charge in [-0.25, -0.2) is 0 Å². The predicted molar refractivity (Wildman–Crippen MR) is 65.7 cm³/mol. The summed E-state index contributed by atoms with van der Waals surface area (Å²) >= 11 is 0. The van der Waals surface area contributed by atoms with E-state index >= 15 is 0 Å². The minimum Gasteiger partial charge on any atom is -0.508 e. The van der Waals surface area contributed by atoms with Gasteiger partial charge in [0.05, 0.1) is 6.04 Å². The van der Waals surface area contributed by atoms with Gasteiger partial charge in [-0.15, -0.1) is 12.4 Å². The van der Waals surface area contributed by atoms with Gasteiger partial charge in [0.1, 0.15) is 5.75 Å². The van der Waals surface area contributed by atoms with Crippen molar-refractivity contribution in [1.29, 1.82) is 0 Å². The maximum atomic E-state index is 11.5. The fourth-order valence-corrected chi connectivity index (χ4v) is 1.30. The summed E-state index contributed by atoms with van der Waals surface area (Å²) in [6, 6.07) is 6.17. The minimum absolute atomic E-state index is 0. The fourth-order valence-electron chi connectivity index (χ4n) is 1.30. The zero-order chi connectivity index (χ0) is 11.4. The van der Waals surface area contributed by atoms with E-state index in [0.29, 0.717) is 6.42 Å². The van der Waals surface area contributed by atoms with Crippen molar-refractivity contribution in [3.05, 3.63) is 29.8 Å². The number of hydrogen-bond donors (Lipinski definition) is 2.